The van der Waals surface area contributed by atoms with Gasteiger partial charge in [0.2, 0.25) is 5.91 Å². The predicted molar refractivity (Wildman–Crippen MR) is 80.5 cm³/mol. The third-order valence-electron chi connectivity index (χ3n) is 3.06. The highest BCUT2D eigenvalue weighted by atomic mass is 16.5. The van der Waals surface area contributed by atoms with E-state index in [0.29, 0.717) is 0 Å². The lowest BCUT2D eigenvalue weighted by Gasteiger charge is -2.24. The molecule has 1 amide bonds. The second-order valence-corrected chi connectivity index (χ2v) is 5.82. The maximum atomic E-state index is 11.8. The van der Waals surface area contributed by atoms with Crippen molar-refractivity contribution in [3.63, 3.8) is 0 Å². The normalized spacial score (nSPS) is 11.0. The molecule has 0 saturated heterocycles. The van der Waals surface area contributed by atoms with Gasteiger partial charge in [-0.25, -0.2) is 0 Å². The van der Waals surface area contributed by atoms with E-state index >= 15 is 0 Å². The quantitative estimate of drug-likeness (QED) is 0.809. The second-order valence-electron chi connectivity index (χ2n) is 5.82. The van der Waals surface area contributed by atoms with E-state index in [1.165, 1.54) is 0 Å². The number of hydrogen-bond donors (Lipinski definition) is 2. The molecule has 0 radical (unpaired) electrons. The van der Waals surface area contributed by atoms with Crippen LogP contribution in [0.25, 0.3) is 0 Å². The van der Waals surface area contributed by atoms with Crippen LogP contribution in [0.2, 0.25) is 0 Å². The number of rotatable bonds is 7. The molecular weight excluding hydrogens is 270 g/mol. The molecule has 0 spiro atoms. The van der Waals surface area contributed by atoms with Crippen LogP contribution >= 0.6 is 0 Å². The van der Waals surface area contributed by atoms with Gasteiger partial charge in [-0.15, -0.1) is 0 Å². The van der Waals surface area contributed by atoms with Gasteiger partial charge in [0.25, 0.3) is 0 Å². The smallest absolute Gasteiger partial charge is 0.305 e. The lowest BCUT2D eigenvalue weighted by molar-refractivity contribution is -0.138. The van der Waals surface area contributed by atoms with E-state index in [2.05, 4.69) is 5.32 Å². The molecular formula is C16H23NO4. The number of aryl methyl sites for hydroxylation is 2. The molecule has 1 aromatic carbocycles. The highest BCUT2D eigenvalue weighted by molar-refractivity contribution is 5.78. The first-order valence-electron chi connectivity index (χ1n) is 6.93. The van der Waals surface area contributed by atoms with Crippen molar-refractivity contribution in [2.24, 2.45) is 0 Å². The van der Waals surface area contributed by atoms with Crippen molar-refractivity contribution in [2.45, 2.75) is 46.1 Å². The zero-order valence-electron chi connectivity index (χ0n) is 13.0. The third-order valence-corrected chi connectivity index (χ3v) is 3.06. The number of amides is 1. The van der Waals surface area contributed by atoms with Gasteiger partial charge in [-0.2, -0.15) is 0 Å². The average Bonchev–Trinajstić information content (AvgIpc) is 2.30. The molecule has 0 fully saturated rings. The molecule has 0 aliphatic carbocycles. The fourth-order valence-electron chi connectivity index (χ4n) is 2.13. The van der Waals surface area contributed by atoms with E-state index in [-0.39, 0.29) is 25.4 Å². The fourth-order valence-corrected chi connectivity index (χ4v) is 2.13. The number of hydrogen-bond acceptors (Lipinski definition) is 3. The monoisotopic (exact) mass is 293 g/mol. The fraction of sp³-hybridized carbons (Fsp3) is 0.500. The molecule has 2 N–H and O–H groups in total. The number of carboxylic acids is 1. The van der Waals surface area contributed by atoms with Crippen molar-refractivity contribution in [1.82, 2.24) is 5.32 Å². The molecule has 0 heterocycles. The van der Waals surface area contributed by atoms with Gasteiger partial charge < -0.3 is 15.2 Å². The number of benzene rings is 1. The molecule has 5 nitrogen and oxygen atoms in total. The number of aliphatic carboxylic acids is 1. The summed E-state index contributed by atoms with van der Waals surface area (Å²) in [5, 5.41) is 11.5. The van der Waals surface area contributed by atoms with Gasteiger partial charge in [0.15, 0.2) is 0 Å². The van der Waals surface area contributed by atoms with E-state index in [1.807, 2.05) is 32.0 Å². The summed E-state index contributed by atoms with van der Waals surface area (Å²) in [5.41, 5.74) is 1.30. The summed E-state index contributed by atoms with van der Waals surface area (Å²) >= 11 is 0. The molecule has 0 aliphatic heterocycles. The molecule has 21 heavy (non-hydrogen) atoms. The molecule has 0 unspecified atom stereocenters. The zero-order chi connectivity index (χ0) is 16.0. The van der Waals surface area contributed by atoms with Crippen LogP contribution in [0.4, 0.5) is 0 Å². The summed E-state index contributed by atoms with van der Waals surface area (Å²) in [7, 11) is 0. The van der Waals surface area contributed by atoms with Gasteiger partial charge in [-0.3, -0.25) is 9.59 Å². The lowest BCUT2D eigenvalue weighted by atomic mass is 10.0. The largest absolute Gasteiger partial charge is 0.493 e. The lowest BCUT2D eigenvalue weighted by Crippen LogP contribution is -2.45. The highest BCUT2D eigenvalue weighted by Gasteiger charge is 2.23. The van der Waals surface area contributed by atoms with Crippen LogP contribution in [-0.4, -0.2) is 29.1 Å². The highest BCUT2D eigenvalue weighted by Crippen LogP contribution is 2.22. The standard InChI is InChI=1S/C16H23NO4/c1-11-6-5-7-12(2)15(11)21-9-8-13(18)17-16(3,4)10-14(19)20/h5-7H,8-10H2,1-4H3,(H,17,18)(H,19,20). The van der Waals surface area contributed by atoms with Crippen LogP contribution in [0, 0.1) is 13.8 Å². The number of nitrogens with one attached hydrogen (secondary N) is 1. The van der Waals surface area contributed by atoms with Crippen LogP contribution in [0.1, 0.15) is 37.8 Å². The minimum atomic E-state index is -0.938. The van der Waals surface area contributed by atoms with Crippen LogP contribution in [0.15, 0.2) is 18.2 Å². The van der Waals surface area contributed by atoms with Gasteiger partial charge >= 0.3 is 5.97 Å². The van der Waals surface area contributed by atoms with Gasteiger partial charge in [-0.1, -0.05) is 18.2 Å². The zero-order valence-corrected chi connectivity index (χ0v) is 13.0. The molecule has 0 atom stereocenters. The Hall–Kier alpha value is -2.04. The van der Waals surface area contributed by atoms with Gasteiger partial charge in [-0.05, 0) is 38.8 Å². The summed E-state index contributed by atoms with van der Waals surface area (Å²) in [6.45, 7) is 7.55. The average molecular weight is 293 g/mol. The van der Waals surface area contributed by atoms with Crippen molar-refractivity contribution in [1.29, 1.82) is 0 Å². The Morgan fingerprint density at radius 3 is 2.33 bits per heavy atom. The van der Waals surface area contributed by atoms with Crippen molar-refractivity contribution in [2.75, 3.05) is 6.61 Å². The first kappa shape index (κ1) is 17.0. The SMILES string of the molecule is Cc1cccc(C)c1OCCC(=O)NC(C)(C)CC(=O)O. The van der Waals surface area contributed by atoms with Crippen LogP contribution < -0.4 is 10.1 Å². The van der Waals surface area contributed by atoms with Gasteiger partial charge in [0.05, 0.1) is 19.4 Å². The molecule has 0 bridgehead atoms. The predicted octanol–water partition coefficient (Wildman–Crippen LogP) is 2.44. The molecule has 0 aromatic heterocycles. The summed E-state index contributed by atoms with van der Waals surface area (Å²) in [5.74, 6) is -0.352. The second kappa shape index (κ2) is 7.11. The molecule has 1 rings (SSSR count). The topological polar surface area (TPSA) is 75.6 Å². The molecule has 0 aliphatic rings. The maximum Gasteiger partial charge on any atom is 0.305 e. The maximum absolute atomic E-state index is 11.8. The summed E-state index contributed by atoms with van der Waals surface area (Å²) in [6.07, 6.45) is 0.0767. The molecule has 5 heteroatoms. The molecule has 0 saturated carbocycles. The van der Waals surface area contributed by atoms with Crippen molar-refractivity contribution < 1.29 is 19.4 Å². The van der Waals surface area contributed by atoms with E-state index < -0.39 is 11.5 Å². The Labute approximate surface area is 125 Å². The summed E-state index contributed by atoms with van der Waals surface area (Å²) in [4.78, 5) is 22.5. The van der Waals surface area contributed by atoms with E-state index in [9.17, 15) is 9.59 Å². The minimum Gasteiger partial charge on any atom is -0.493 e. The van der Waals surface area contributed by atoms with Gasteiger partial charge in [0.1, 0.15) is 5.75 Å². The van der Waals surface area contributed by atoms with Crippen LogP contribution in [0.5, 0.6) is 5.75 Å². The van der Waals surface area contributed by atoms with Crippen molar-refractivity contribution >= 4 is 11.9 Å². The number of carboxylic acid groups (broad SMARTS) is 1. The third kappa shape index (κ3) is 5.85. The number of ether oxygens (including phenoxy) is 1. The van der Waals surface area contributed by atoms with Crippen LogP contribution in [-0.2, 0) is 9.59 Å². The number of carbonyl (C=O) groups is 2. The minimum absolute atomic E-state index is 0.115. The van der Waals surface area contributed by atoms with Crippen molar-refractivity contribution in [3.05, 3.63) is 29.3 Å². The molecule has 116 valence electrons. The Morgan fingerprint density at radius 1 is 1.24 bits per heavy atom. The number of carbonyl (C=O) groups excluding carboxylic acids is 1. The molecule has 1 aromatic rings. The van der Waals surface area contributed by atoms with E-state index in [1.54, 1.807) is 13.8 Å². The first-order valence-corrected chi connectivity index (χ1v) is 6.93. The number of para-hydroxylation sites is 1. The summed E-state index contributed by atoms with van der Waals surface area (Å²) in [6, 6.07) is 5.87. The van der Waals surface area contributed by atoms with E-state index in [0.717, 1.165) is 16.9 Å². The first-order chi connectivity index (χ1) is 9.71. The Kier molecular flexibility index (Phi) is 5.76. The Morgan fingerprint density at radius 2 is 1.81 bits per heavy atom. The van der Waals surface area contributed by atoms with Gasteiger partial charge in [0, 0.05) is 5.54 Å². The van der Waals surface area contributed by atoms with E-state index in [4.69, 9.17) is 9.84 Å². The van der Waals surface area contributed by atoms with Crippen LogP contribution in [0.3, 0.4) is 0 Å². The Balaban J connectivity index is 2.46. The summed E-state index contributed by atoms with van der Waals surface area (Å²) < 4.78 is 5.66. The Bertz CT molecular complexity index is 503. The van der Waals surface area contributed by atoms with Crippen molar-refractivity contribution in [3.8, 4) is 5.75 Å².